The van der Waals surface area contributed by atoms with Crippen molar-refractivity contribution in [2.45, 2.75) is 39.3 Å². The van der Waals surface area contributed by atoms with Gasteiger partial charge < -0.3 is 10.5 Å². The molecule has 0 heterocycles. The number of benzene rings is 1. The highest BCUT2D eigenvalue weighted by Gasteiger charge is 2.11. The first kappa shape index (κ1) is 12.3. The summed E-state index contributed by atoms with van der Waals surface area (Å²) in [6.45, 7) is 4.66. The Labute approximate surface area is 96.4 Å². The fourth-order valence-corrected chi connectivity index (χ4v) is 1.71. The van der Waals surface area contributed by atoms with E-state index in [4.69, 9.17) is 22.1 Å². The van der Waals surface area contributed by atoms with Gasteiger partial charge in [0.2, 0.25) is 0 Å². The number of rotatable bonds is 5. The van der Waals surface area contributed by atoms with Gasteiger partial charge in [-0.25, -0.2) is 0 Å². The summed E-state index contributed by atoms with van der Waals surface area (Å²) in [6.07, 6.45) is 2.17. The second-order valence-electron chi connectivity index (χ2n) is 3.49. The maximum atomic E-state index is 6.09. The van der Waals surface area contributed by atoms with E-state index < -0.39 is 0 Å². The molecule has 0 saturated heterocycles. The van der Waals surface area contributed by atoms with Gasteiger partial charge in [-0.05, 0) is 18.9 Å². The van der Waals surface area contributed by atoms with Gasteiger partial charge in [-0.1, -0.05) is 37.6 Å². The third-order valence-electron chi connectivity index (χ3n) is 2.46. The molecule has 0 aliphatic heterocycles. The molecule has 0 aliphatic rings. The topological polar surface area (TPSA) is 35.2 Å². The summed E-state index contributed by atoms with van der Waals surface area (Å²) in [5, 5.41) is 0.643. The van der Waals surface area contributed by atoms with Crippen molar-refractivity contribution in [1.82, 2.24) is 0 Å². The van der Waals surface area contributed by atoms with Gasteiger partial charge in [0.1, 0.15) is 5.75 Å². The van der Waals surface area contributed by atoms with E-state index in [0.717, 1.165) is 24.2 Å². The SMILES string of the molecule is CCC(CC)Oc1c(Cl)cccc1CN. The van der Waals surface area contributed by atoms with Crippen molar-refractivity contribution in [2.24, 2.45) is 5.73 Å². The van der Waals surface area contributed by atoms with Crippen LogP contribution in [0.4, 0.5) is 0 Å². The maximum absolute atomic E-state index is 6.09. The van der Waals surface area contributed by atoms with Gasteiger partial charge in [0.15, 0.2) is 0 Å². The molecule has 0 atom stereocenters. The number of halogens is 1. The highest BCUT2D eigenvalue weighted by atomic mass is 35.5. The van der Waals surface area contributed by atoms with E-state index in [1.807, 2.05) is 18.2 Å². The van der Waals surface area contributed by atoms with Crippen LogP contribution < -0.4 is 10.5 Å². The maximum Gasteiger partial charge on any atom is 0.142 e. The zero-order chi connectivity index (χ0) is 11.3. The fraction of sp³-hybridized carbons (Fsp3) is 0.500. The summed E-state index contributed by atoms with van der Waals surface area (Å²) >= 11 is 6.09. The van der Waals surface area contributed by atoms with Crippen LogP contribution in [0, 0.1) is 0 Å². The lowest BCUT2D eigenvalue weighted by Gasteiger charge is -2.19. The zero-order valence-corrected chi connectivity index (χ0v) is 10.1. The Morgan fingerprint density at radius 1 is 1.33 bits per heavy atom. The molecule has 2 nitrogen and oxygen atoms in total. The average Bonchev–Trinajstić information content (AvgIpc) is 2.27. The van der Waals surface area contributed by atoms with Gasteiger partial charge in [0.25, 0.3) is 0 Å². The molecule has 1 aromatic rings. The van der Waals surface area contributed by atoms with Gasteiger partial charge in [-0.3, -0.25) is 0 Å². The summed E-state index contributed by atoms with van der Waals surface area (Å²) in [4.78, 5) is 0. The predicted molar refractivity (Wildman–Crippen MR) is 64.3 cm³/mol. The lowest BCUT2D eigenvalue weighted by atomic mass is 10.2. The first-order chi connectivity index (χ1) is 7.22. The van der Waals surface area contributed by atoms with E-state index in [9.17, 15) is 0 Å². The number of nitrogens with two attached hydrogens (primary N) is 1. The second-order valence-corrected chi connectivity index (χ2v) is 3.90. The summed E-state index contributed by atoms with van der Waals surface area (Å²) in [6, 6.07) is 5.67. The second kappa shape index (κ2) is 5.99. The number of ether oxygens (including phenoxy) is 1. The summed E-state index contributed by atoms with van der Waals surface area (Å²) < 4.78 is 5.85. The fourth-order valence-electron chi connectivity index (χ4n) is 1.47. The Morgan fingerprint density at radius 3 is 2.53 bits per heavy atom. The van der Waals surface area contributed by atoms with Gasteiger partial charge >= 0.3 is 0 Å². The molecular weight excluding hydrogens is 210 g/mol. The number of hydrogen-bond acceptors (Lipinski definition) is 2. The first-order valence-corrected chi connectivity index (χ1v) is 5.74. The van der Waals surface area contributed by atoms with Gasteiger partial charge in [0, 0.05) is 12.1 Å². The minimum absolute atomic E-state index is 0.218. The molecule has 0 fully saturated rings. The van der Waals surface area contributed by atoms with E-state index in [2.05, 4.69) is 13.8 Å². The molecule has 0 radical (unpaired) electrons. The molecule has 0 amide bonds. The number of hydrogen-bond donors (Lipinski definition) is 1. The smallest absolute Gasteiger partial charge is 0.142 e. The summed E-state index contributed by atoms with van der Waals surface area (Å²) in [5.41, 5.74) is 6.61. The minimum atomic E-state index is 0.218. The Morgan fingerprint density at radius 2 is 2.00 bits per heavy atom. The largest absolute Gasteiger partial charge is 0.489 e. The molecule has 2 N–H and O–H groups in total. The first-order valence-electron chi connectivity index (χ1n) is 5.37. The van der Waals surface area contributed by atoms with Crippen molar-refractivity contribution >= 4 is 11.6 Å². The summed E-state index contributed by atoms with van der Waals surface area (Å²) in [7, 11) is 0. The molecule has 3 heteroatoms. The van der Waals surface area contributed by atoms with E-state index >= 15 is 0 Å². The van der Waals surface area contributed by atoms with E-state index in [0.29, 0.717) is 11.6 Å². The van der Waals surface area contributed by atoms with Crippen molar-refractivity contribution < 1.29 is 4.74 Å². The van der Waals surface area contributed by atoms with Gasteiger partial charge in [-0.2, -0.15) is 0 Å². The van der Waals surface area contributed by atoms with E-state index in [1.54, 1.807) is 0 Å². The summed E-state index contributed by atoms with van der Waals surface area (Å²) in [5.74, 6) is 0.746. The third-order valence-corrected chi connectivity index (χ3v) is 2.76. The van der Waals surface area contributed by atoms with Crippen molar-refractivity contribution in [3.8, 4) is 5.75 Å². The van der Waals surface area contributed by atoms with Crippen molar-refractivity contribution in [1.29, 1.82) is 0 Å². The normalized spacial score (nSPS) is 10.7. The average molecular weight is 228 g/mol. The molecule has 0 spiro atoms. The Hall–Kier alpha value is -0.730. The lowest BCUT2D eigenvalue weighted by molar-refractivity contribution is 0.191. The molecule has 1 aromatic carbocycles. The molecule has 1 rings (SSSR count). The highest BCUT2D eigenvalue weighted by Crippen LogP contribution is 2.30. The van der Waals surface area contributed by atoms with Crippen LogP contribution in [0.3, 0.4) is 0 Å². The lowest BCUT2D eigenvalue weighted by Crippen LogP contribution is -2.15. The van der Waals surface area contributed by atoms with Gasteiger partial charge in [-0.15, -0.1) is 0 Å². The molecule has 0 aromatic heterocycles. The van der Waals surface area contributed by atoms with Crippen LogP contribution in [0.2, 0.25) is 5.02 Å². The van der Waals surface area contributed by atoms with Crippen molar-refractivity contribution in [3.05, 3.63) is 28.8 Å². The standard InChI is InChI=1S/C12H18ClNO/c1-3-10(4-2)15-12-9(8-14)6-5-7-11(12)13/h5-7,10H,3-4,8,14H2,1-2H3. The Balaban J connectivity index is 2.91. The quantitative estimate of drug-likeness (QED) is 0.837. The molecule has 0 unspecified atom stereocenters. The molecule has 15 heavy (non-hydrogen) atoms. The van der Waals surface area contributed by atoms with Crippen LogP contribution in [-0.4, -0.2) is 6.10 Å². The van der Waals surface area contributed by atoms with Crippen LogP contribution in [-0.2, 0) is 6.54 Å². The Bertz CT molecular complexity index is 310. The van der Waals surface area contributed by atoms with Crippen LogP contribution >= 0.6 is 11.6 Å². The van der Waals surface area contributed by atoms with Crippen molar-refractivity contribution in [3.63, 3.8) is 0 Å². The van der Waals surface area contributed by atoms with Crippen LogP contribution in [0.15, 0.2) is 18.2 Å². The minimum Gasteiger partial charge on any atom is -0.489 e. The molecule has 0 aliphatic carbocycles. The number of para-hydroxylation sites is 1. The molecule has 0 saturated carbocycles. The monoisotopic (exact) mass is 227 g/mol. The predicted octanol–water partition coefficient (Wildman–Crippen LogP) is 3.37. The Kier molecular flexibility index (Phi) is 4.92. The van der Waals surface area contributed by atoms with Crippen LogP contribution in [0.25, 0.3) is 0 Å². The van der Waals surface area contributed by atoms with Crippen LogP contribution in [0.5, 0.6) is 5.75 Å². The van der Waals surface area contributed by atoms with Gasteiger partial charge in [0.05, 0.1) is 11.1 Å². The molecule has 0 bridgehead atoms. The zero-order valence-electron chi connectivity index (χ0n) is 9.29. The van der Waals surface area contributed by atoms with Crippen LogP contribution in [0.1, 0.15) is 32.3 Å². The van der Waals surface area contributed by atoms with Crippen molar-refractivity contribution in [2.75, 3.05) is 0 Å². The molecular formula is C12H18ClNO. The third kappa shape index (κ3) is 3.11. The van der Waals surface area contributed by atoms with E-state index in [1.165, 1.54) is 0 Å². The van der Waals surface area contributed by atoms with E-state index in [-0.39, 0.29) is 6.10 Å². The molecule has 84 valence electrons. The highest BCUT2D eigenvalue weighted by molar-refractivity contribution is 6.32.